The van der Waals surface area contributed by atoms with Crippen molar-refractivity contribution in [3.8, 4) is 0 Å². The summed E-state index contributed by atoms with van der Waals surface area (Å²) in [6.45, 7) is 0. The van der Waals surface area contributed by atoms with Crippen LogP contribution in [0.25, 0.3) is 0 Å². The van der Waals surface area contributed by atoms with Gasteiger partial charge in [-0.15, -0.1) is 0 Å². The van der Waals surface area contributed by atoms with Gasteiger partial charge in [-0.1, -0.05) is 28.1 Å². The summed E-state index contributed by atoms with van der Waals surface area (Å²) >= 11 is 3.37. The van der Waals surface area contributed by atoms with Gasteiger partial charge >= 0.3 is 11.9 Å². The Morgan fingerprint density at radius 2 is 2.09 bits per heavy atom. The van der Waals surface area contributed by atoms with Crippen molar-refractivity contribution in [3.05, 3.63) is 34.3 Å². The third-order valence-electron chi connectivity index (χ3n) is 3.07. The van der Waals surface area contributed by atoms with Crippen molar-refractivity contribution in [1.29, 1.82) is 0 Å². The van der Waals surface area contributed by atoms with Crippen LogP contribution in [0, 0.1) is 0 Å². The van der Waals surface area contributed by atoms with Gasteiger partial charge in [0.25, 0.3) is 5.72 Å². The Morgan fingerprint density at radius 3 is 2.68 bits per heavy atom. The zero-order valence-electron chi connectivity index (χ0n) is 12.3. The molecule has 1 atom stereocenters. The van der Waals surface area contributed by atoms with Gasteiger partial charge in [0.1, 0.15) is 6.42 Å². The third kappa shape index (κ3) is 3.12. The number of aliphatic imine (C=N–C) groups is 1. The molecule has 0 N–H and O–H groups in total. The number of nitrogens with zero attached hydrogens (tertiary/aromatic N) is 2. The lowest BCUT2D eigenvalue weighted by Crippen LogP contribution is -2.42. The van der Waals surface area contributed by atoms with Crippen molar-refractivity contribution in [3.63, 3.8) is 0 Å². The van der Waals surface area contributed by atoms with E-state index in [4.69, 9.17) is 9.57 Å². The molecular weight excluding hydrogens is 356 g/mol. The van der Waals surface area contributed by atoms with Gasteiger partial charge in [-0.25, -0.2) is 19.7 Å². The van der Waals surface area contributed by atoms with E-state index in [0.29, 0.717) is 5.84 Å². The molecule has 22 heavy (non-hydrogen) atoms. The molecule has 2 rings (SSSR count). The Hall–Kier alpha value is -1.93. The number of halogens is 1. The second-order valence-corrected chi connectivity index (χ2v) is 5.48. The highest BCUT2D eigenvalue weighted by Crippen LogP contribution is 2.30. The Labute approximate surface area is 135 Å². The van der Waals surface area contributed by atoms with E-state index in [1.165, 1.54) is 19.3 Å². The molecule has 0 spiro atoms. The average molecular weight is 371 g/mol. The molecule has 0 fully saturated rings. The minimum atomic E-state index is -1.77. The van der Waals surface area contributed by atoms with Gasteiger partial charge in [-0.2, -0.15) is 0 Å². The number of hydrogen-bond acceptors (Lipinski definition) is 7. The SMILES string of the molecule is COC(=O)CC1(C(=O)OC)N=C(c2cccc(Br)c2)N(C)O1. The van der Waals surface area contributed by atoms with Crippen LogP contribution >= 0.6 is 15.9 Å². The van der Waals surface area contributed by atoms with Crippen LogP contribution in [0.4, 0.5) is 0 Å². The molecule has 0 amide bonds. The minimum Gasteiger partial charge on any atom is -0.469 e. The summed E-state index contributed by atoms with van der Waals surface area (Å²) in [5.74, 6) is -0.983. The lowest BCUT2D eigenvalue weighted by Gasteiger charge is -2.22. The fourth-order valence-corrected chi connectivity index (χ4v) is 2.46. The van der Waals surface area contributed by atoms with Crippen molar-refractivity contribution in [2.45, 2.75) is 12.1 Å². The third-order valence-corrected chi connectivity index (χ3v) is 3.56. The predicted octanol–water partition coefficient (Wildman–Crippen LogP) is 1.51. The fraction of sp³-hybridized carbons (Fsp3) is 0.357. The molecule has 0 saturated heterocycles. The molecule has 1 aliphatic heterocycles. The van der Waals surface area contributed by atoms with Crippen molar-refractivity contribution in [2.75, 3.05) is 21.3 Å². The zero-order chi connectivity index (χ0) is 16.3. The zero-order valence-corrected chi connectivity index (χ0v) is 13.9. The van der Waals surface area contributed by atoms with Crippen LogP contribution in [0.3, 0.4) is 0 Å². The predicted molar refractivity (Wildman–Crippen MR) is 80.9 cm³/mol. The summed E-state index contributed by atoms with van der Waals surface area (Å²) in [6.07, 6.45) is -0.377. The number of hydrogen-bond donors (Lipinski definition) is 0. The van der Waals surface area contributed by atoms with E-state index in [9.17, 15) is 9.59 Å². The van der Waals surface area contributed by atoms with Crippen LogP contribution < -0.4 is 0 Å². The van der Waals surface area contributed by atoms with Crippen LogP contribution in [0.2, 0.25) is 0 Å². The number of hydroxylamine groups is 2. The van der Waals surface area contributed by atoms with Gasteiger partial charge in [0.15, 0.2) is 5.84 Å². The maximum absolute atomic E-state index is 12.1. The topological polar surface area (TPSA) is 77.4 Å². The molecule has 118 valence electrons. The Balaban J connectivity index is 2.44. The summed E-state index contributed by atoms with van der Waals surface area (Å²) in [7, 11) is 4.03. The normalized spacial score (nSPS) is 20.5. The van der Waals surface area contributed by atoms with Gasteiger partial charge in [0, 0.05) is 17.1 Å². The van der Waals surface area contributed by atoms with E-state index in [1.807, 2.05) is 24.3 Å². The van der Waals surface area contributed by atoms with Gasteiger partial charge in [0.05, 0.1) is 14.2 Å². The summed E-state index contributed by atoms with van der Waals surface area (Å²) < 4.78 is 10.2. The first-order chi connectivity index (χ1) is 10.4. The van der Waals surface area contributed by atoms with E-state index in [2.05, 4.69) is 25.7 Å². The second-order valence-electron chi connectivity index (χ2n) is 4.56. The molecule has 7 nitrogen and oxygen atoms in total. The van der Waals surface area contributed by atoms with Crippen molar-refractivity contribution < 1.29 is 23.9 Å². The molecule has 0 bridgehead atoms. The van der Waals surface area contributed by atoms with Gasteiger partial charge < -0.3 is 9.47 Å². The number of amidine groups is 1. The number of benzene rings is 1. The molecular formula is C14H15BrN2O5. The summed E-state index contributed by atoms with van der Waals surface area (Å²) in [4.78, 5) is 33.5. The number of esters is 2. The van der Waals surface area contributed by atoms with Gasteiger partial charge in [-0.05, 0) is 12.1 Å². The summed E-state index contributed by atoms with van der Waals surface area (Å²) in [6, 6.07) is 7.33. The number of rotatable bonds is 4. The molecule has 1 aromatic rings. The quantitative estimate of drug-likeness (QED) is 0.747. The minimum absolute atomic E-state index is 0.377. The maximum Gasteiger partial charge on any atom is 0.364 e. The number of methoxy groups -OCH3 is 2. The van der Waals surface area contributed by atoms with E-state index in [0.717, 1.165) is 10.0 Å². The first-order valence-corrected chi connectivity index (χ1v) is 7.15. The van der Waals surface area contributed by atoms with Crippen LogP contribution in [0.1, 0.15) is 12.0 Å². The van der Waals surface area contributed by atoms with Crippen molar-refractivity contribution >= 4 is 33.7 Å². The van der Waals surface area contributed by atoms with Crippen molar-refractivity contribution in [2.24, 2.45) is 4.99 Å². The van der Waals surface area contributed by atoms with Gasteiger partial charge in [-0.3, -0.25) is 4.79 Å². The maximum atomic E-state index is 12.1. The Kier molecular flexibility index (Phi) is 4.82. The lowest BCUT2D eigenvalue weighted by molar-refractivity contribution is -0.205. The monoisotopic (exact) mass is 370 g/mol. The Morgan fingerprint density at radius 1 is 1.36 bits per heavy atom. The highest BCUT2D eigenvalue weighted by atomic mass is 79.9. The van der Waals surface area contributed by atoms with E-state index >= 15 is 0 Å². The standard InChI is InChI=1S/C14H15BrN2O5/c1-17-12(9-5-4-6-10(15)7-9)16-14(22-17,13(19)21-3)8-11(18)20-2/h4-7H,8H2,1-3H3. The molecule has 0 saturated carbocycles. The van der Waals surface area contributed by atoms with E-state index in [-0.39, 0.29) is 6.42 Å². The molecule has 0 radical (unpaired) electrons. The number of ether oxygens (including phenoxy) is 2. The summed E-state index contributed by atoms with van der Waals surface area (Å²) in [5, 5.41) is 1.33. The van der Waals surface area contributed by atoms with Gasteiger partial charge in [0.2, 0.25) is 0 Å². The van der Waals surface area contributed by atoms with E-state index in [1.54, 1.807) is 7.05 Å². The Bertz CT molecular complexity index is 633. The molecule has 1 aliphatic rings. The molecule has 0 aliphatic carbocycles. The fourth-order valence-electron chi connectivity index (χ4n) is 2.06. The number of carbonyl (C=O) groups excluding carboxylic acids is 2. The highest BCUT2D eigenvalue weighted by Gasteiger charge is 2.50. The first kappa shape index (κ1) is 16.4. The molecule has 0 aromatic heterocycles. The molecule has 1 heterocycles. The van der Waals surface area contributed by atoms with Crippen LogP contribution in [0.15, 0.2) is 33.7 Å². The van der Waals surface area contributed by atoms with E-state index < -0.39 is 17.7 Å². The largest absolute Gasteiger partial charge is 0.469 e. The van der Waals surface area contributed by atoms with Crippen LogP contribution in [-0.4, -0.2) is 49.8 Å². The highest BCUT2D eigenvalue weighted by molar-refractivity contribution is 9.10. The average Bonchev–Trinajstić information content (AvgIpc) is 2.84. The van der Waals surface area contributed by atoms with Crippen LogP contribution in [-0.2, 0) is 23.9 Å². The molecule has 1 aromatic carbocycles. The van der Waals surface area contributed by atoms with Crippen LogP contribution in [0.5, 0.6) is 0 Å². The second kappa shape index (κ2) is 6.45. The number of carbonyl (C=O) groups is 2. The van der Waals surface area contributed by atoms with Crippen molar-refractivity contribution in [1.82, 2.24) is 5.06 Å². The molecule has 8 heteroatoms. The smallest absolute Gasteiger partial charge is 0.364 e. The lowest BCUT2D eigenvalue weighted by atomic mass is 10.1. The molecule has 1 unspecified atom stereocenters. The summed E-state index contributed by atoms with van der Waals surface area (Å²) in [5.41, 5.74) is -1.04. The first-order valence-electron chi connectivity index (χ1n) is 6.36.